The van der Waals surface area contributed by atoms with Crippen LogP contribution in [0.2, 0.25) is 0 Å². The molecule has 2 saturated heterocycles. The number of phenolic OH excluding ortho intramolecular Hbond substituents is 1. The zero-order valence-electron chi connectivity index (χ0n) is 26.1. The summed E-state index contributed by atoms with van der Waals surface area (Å²) in [6, 6.07) is 13.6. The highest BCUT2D eigenvalue weighted by atomic mass is 16.4. The van der Waals surface area contributed by atoms with Crippen LogP contribution in [0.5, 0.6) is 5.75 Å². The number of nitrogens with zero attached hydrogens (tertiary/aromatic N) is 3. The highest BCUT2D eigenvalue weighted by molar-refractivity contribution is 6.71. The molecule has 0 saturated carbocycles. The number of amides is 1. The Kier molecular flexibility index (Phi) is 11.5. The fourth-order valence-electron chi connectivity index (χ4n) is 5.41. The van der Waals surface area contributed by atoms with Gasteiger partial charge in [0.1, 0.15) is 5.76 Å². The smallest absolute Gasteiger partial charge is 0.371 e. The number of anilines is 2. The number of rotatable bonds is 5. The molecule has 3 aliphatic heterocycles. The molecule has 0 radical (unpaired) electrons. The number of benzene rings is 2. The molecule has 1 aromatic heterocycles. The summed E-state index contributed by atoms with van der Waals surface area (Å²) in [4.78, 5) is 24.1. The lowest BCUT2D eigenvalue weighted by atomic mass is 9.91. The summed E-state index contributed by atoms with van der Waals surface area (Å²) in [5.41, 5.74) is 7.10. The molecule has 7 rings (SSSR count). The van der Waals surface area contributed by atoms with Crippen molar-refractivity contribution in [3.63, 3.8) is 0 Å². The number of aryl methyl sites for hydroxylation is 2. The molecule has 1 amide bonds. The number of nitrogens with one attached hydrogen (secondary N) is 5. The van der Waals surface area contributed by atoms with Crippen LogP contribution in [0.15, 0.2) is 63.2 Å². The van der Waals surface area contributed by atoms with Gasteiger partial charge < -0.3 is 35.9 Å². The largest absolute Gasteiger partial charge is 0.505 e. The fraction of sp³-hybridized carbons (Fsp3) is 0.394. The lowest BCUT2D eigenvalue weighted by molar-refractivity contribution is -0.112. The molecule has 244 valence electrons. The van der Waals surface area contributed by atoms with Crippen LogP contribution in [0.1, 0.15) is 41.4 Å². The lowest BCUT2D eigenvalue weighted by Crippen LogP contribution is -2.39. The number of piperazine rings is 2. The minimum atomic E-state index is -1.20. The van der Waals surface area contributed by atoms with Crippen LogP contribution < -0.4 is 31.7 Å². The summed E-state index contributed by atoms with van der Waals surface area (Å²) >= 11 is 0. The maximum absolute atomic E-state index is 13.1. The molecule has 7 N–H and O–H groups in total. The predicted octanol–water partition coefficient (Wildman–Crippen LogP) is 2.78. The number of furan rings is 1. The SMILES string of the molecule is C1CNCCN1.C1CNCCN1.CC1=NN(c2ccc3c(c2)CCCC3)C(=O)C1=NNc1cccc(-c2ccc(C(=O)O)o2)c1O. The van der Waals surface area contributed by atoms with Crippen LogP contribution in [0.3, 0.4) is 0 Å². The third kappa shape index (κ3) is 8.37. The molecular formula is C33H42N8O5. The molecule has 13 nitrogen and oxygen atoms in total. The highest BCUT2D eigenvalue weighted by Crippen LogP contribution is 2.36. The quantitative estimate of drug-likeness (QED) is 0.164. The van der Waals surface area contributed by atoms with E-state index < -0.39 is 5.97 Å². The summed E-state index contributed by atoms with van der Waals surface area (Å²) in [5, 5.41) is 42.6. The van der Waals surface area contributed by atoms with Gasteiger partial charge in [-0.1, -0.05) is 12.1 Å². The van der Waals surface area contributed by atoms with Crippen molar-refractivity contribution in [2.24, 2.45) is 10.2 Å². The number of carbonyl (C=O) groups excluding carboxylic acids is 1. The summed E-state index contributed by atoms with van der Waals surface area (Å²) < 4.78 is 5.28. The summed E-state index contributed by atoms with van der Waals surface area (Å²) in [6.45, 7) is 10.8. The van der Waals surface area contributed by atoms with E-state index in [0.717, 1.165) is 71.6 Å². The maximum atomic E-state index is 13.1. The Morgan fingerprint density at radius 1 is 0.891 bits per heavy atom. The van der Waals surface area contributed by atoms with Gasteiger partial charge in [0.2, 0.25) is 5.76 Å². The van der Waals surface area contributed by atoms with Gasteiger partial charge in [-0.05, 0) is 80.1 Å². The van der Waals surface area contributed by atoms with Crippen molar-refractivity contribution in [3.8, 4) is 17.1 Å². The van der Waals surface area contributed by atoms with Gasteiger partial charge in [-0.3, -0.25) is 10.2 Å². The zero-order valence-corrected chi connectivity index (χ0v) is 26.1. The molecule has 2 fully saturated rings. The van der Waals surface area contributed by atoms with Crippen molar-refractivity contribution in [1.82, 2.24) is 21.3 Å². The Morgan fingerprint density at radius 3 is 2.11 bits per heavy atom. The Balaban J connectivity index is 0.000000289. The van der Waals surface area contributed by atoms with Crippen LogP contribution in [-0.4, -0.2) is 85.9 Å². The van der Waals surface area contributed by atoms with Crippen molar-refractivity contribution in [3.05, 3.63) is 65.4 Å². The third-order valence-electron chi connectivity index (χ3n) is 7.88. The molecule has 4 heterocycles. The van der Waals surface area contributed by atoms with Gasteiger partial charge in [-0.2, -0.15) is 15.2 Å². The minimum absolute atomic E-state index is 0.133. The number of aromatic hydroxyl groups is 1. The van der Waals surface area contributed by atoms with Gasteiger partial charge in [0, 0.05) is 52.4 Å². The number of aromatic carboxylic acids is 1. The molecule has 0 atom stereocenters. The van der Waals surface area contributed by atoms with E-state index >= 15 is 0 Å². The van der Waals surface area contributed by atoms with Gasteiger partial charge in [-0.15, -0.1) is 0 Å². The molecule has 0 bridgehead atoms. The Labute approximate surface area is 268 Å². The molecule has 2 aromatic carbocycles. The Morgan fingerprint density at radius 2 is 1.52 bits per heavy atom. The van der Waals surface area contributed by atoms with Crippen molar-refractivity contribution in [2.45, 2.75) is 32.6 Å². The van der Waals surface area contributed by atoms with E-state index in [1.807, 2.05) is 12.1 Å². The Bertz CT molecular complexity index is 1540. The van der Waals surface area contributed by atoms with Crippen LogP contribution in [0.4, 0.5) is 11.4 Å². The van der Waals surface area contributed by atoms with Gasteiger partial charge in [-0.25, -0.2) is 4.79 Å². The molecule has 0 unspecified atom stereocenters. The van der Waals surface area contributed by atoms with Gasteiger partial charge >= 0.3 is 11.9 Å². The van der Waals surface area contributed by atoms with Crippen molar-refractivity contribution in [1.29, 1.82) is 0 Å². The molecule has 3 aromatic rings. The standard InChI is InChI=1S/C25H22N4O5.2C4H10N2/c1-14-22(24(31)29(28-14)17-10-9-15-5-2-3-6-16(15)13-17)27-26-19-8-4-7-18(23(19)30)20-11-12-21(34-20)25(32)33;2*1-2-6-4-3-5-1/h4,7-13,26,30H,2-3,5-6H2,1H3,(H,32,33);2*5-6H,1-4H2. The number of carboxylic acids is 1. The van der Waals surface area contributed by atoms with E-state index in [0.29, 0.717) is 11.4 Å². The van der Waals surface area contributed by atoms with E-state index in [4.69, 9.17) is 9.52 Å². The lowest BCUT2D eigenvalue weighted by Gasteiger charge is -2.19. The van der Waals surface area contributed by atoms with Gasteiger partial charge in [0.05, 0.1) is 22.6 Å². The van der Waals surface area contributed by atoms with Crippen molar-refractivity contribution < 1.29 is 24.2 Å². The number of carbonyl (C=O) groups is 2. The summed E-state index contributed by atoms with van der Waals surface area (Å²) in [7, 11) is 0. The van der Waals surface area contributed by atoms with Crippen molar-refractivity contribution in [2.75, 3.05) is 62.8 Å². The minimum Gasteiger partial charge on any atom is -0.505 e. The summed E-state index contributed by atoms with van der Waals surface area (Å²) in [5.74, 6) is -1.80. The molecule has 0 spiro atoms. The average molecular weight is 631 g/mol. The number of phenols is 1. The van der Waals surface area contributed by atoms with E-state index in [1.165, 1.54) is 34.7 Å². The number of hydrogen-bond acceptors (Lipinski definition) is 11. The van der Waals surface area contributed by atoms with Crippen LogP contribution in [-0.2, 0) is 17.6 Å². The normalized spacial score (nSPS) is 18.5. The number of hydrogen-bond donors (Lipinski definition) is 7. The molecular weight excluding hydrogens is 588 g/mol. The number of fused-ring (bicyclic) bond motifs is 1. The van der Waals surface area contributed by atoms with Crippen LogP contribution in [0.25, 0.3) is 11.3 Å². The van der Waals surface area contributed by atoms with E-state index in [1.54, 1.807) is 25.1 Å². The Hall–Kier alpha value is -4.56. The van der Waals surface area contributed by atoms with E-state index in [2.05, 4.69) is 43.0 Å². The summed E-state index contributed by atoms with van der Waals surface area (Å²) in [6.07, 6.45) is 4.38. The third-order valence-corrected chi connectivity index (χ3v) is 7.88. The second kappa shape index (κ2) is 16.1. The molecule has 13 heteroatoms. The van der Waals surface area contributed by atoms with E-state index in [9.17, 15) is 14.7 Å². The second-order valence-electron chi connectivity index (χ2n) is 11.2. The van der Waals surface area contributed by atoms with Gasteiger partial charge in [0.15, 0.2) is 11.5 Å². The van der Waals surface area contributed by atoms with Crippen LogP contribution >= 0.6 is 0 Å². The molecule has 46 heavy (non-hydrogen) atoms. The van der Waals surface area contributed by atoms with Crippen molar-refractivity contribution >= 4 is 34.7 Å². The topological polar surface area (TPSA) is 176 Å². The van der Waals surface area contributed by atoms with Gasteiger partial charge in [0.25, 0.3) is 0 Å². The highest BCUT2D eigenvalue weighted by Gasteiger charge is 2.31. The molecule has 4 aliphatic rings. The first kappa shape index (κ1) is 32.8. The predicted molar refractivity (Wildman–Crippen MR) is 179 cm³/mol. The van der Waals surface area contributed by atoms with E-state index in [-0.39, 0.29) is 40.1 Å². The first-order valence-corrected chi connectivity index (χ1v) is 15.8. The zero-order chi connectivity index (χ0) is 32.3. The maximum Gasteiger partial charge on any atom is 0.371 e. The average Bonchev–Trinajstić information content (AvgIpc) is 3.71. The number of hydrazone groups is 2. The first-order valence-electron chi connectivity index (χ1n) is 15.8. The number of para-hydroxylation sites is 1. The molecule has 1 aliphatic carbocycles. The monoisotopic (exact) mass is 630 g/mol. The number of carboxylic acid groups (broad SMARTS) is 1. The fourth-order valence-corrected chi connectivity index (χ4v) is 5.41. The van der Waals surface area contributed by atoms with Crippen LogP contribution in [0, 0.1) is 0 Å². The second-order valence-corrected chi connectivity index (χ2v) is 11.2. The first-order chi connectivity index (χ1) is 22.4.